The molecule has 0 unspecified atom stereocenters. The molecule has 0 radical (unpaired) electrons. The van der Waals surface area contributed by atoms with E-state index in [1.165, 1.54) is 16.3 Å². The molecule has 16 heavy (non-hydrogen) atoms. The second-order valence-corrected chi connectivity index (χ2v) is 4.24. The second-order valence-electron chi connectivity index (χ2n) is 3.80. The van der Waals surface area contributed by atoms with Crippen LogP contribution in [0.1, 0.15) is 18.5 Å². The first-order valence-electron chi connectivity index (χ1n) is 5.22. The third-order valence-corrected chi connectivity index (χ3v) is 2.77. The lowest BCUT2D eigenvalue weighted by molar-refractivity contribution is 0.726. The minimum absolute atomic E-state index is 0.128. The van der Waals surface area contributed by atoms with Gasteiger partial charge in [-0.15, -0.1) is 0 Å². The fourth-order valence-corrected chi connectivity index (χ4v) is 2.10. The highest BCUT2D eigenvalue weighted by Crippen LogP contribution is 2.23. The van der Waals surface area contributed by atoms with Crippen LogP contribution in [0.15, 0.2) is 42.5 Å². The van der Waals surface area contributed by atoms with E-state index in [0.717, 1.165) is 0 Å². The van der Waals surface area contributed by atoms with E-state index in [4.69, 9.17) is 18.0 Å². The van der Waals surface area contributed by atoms with Crippen LogP contribution in [0.5, 0.6) is 0 Å². The molecule has 82 valence electrons. The number of hydrogen-bond acceptors (Lipinski definition) is 1. The third kappa shape index (κ3) is 2.14. The Morgan fingerprint density at radius 3 is 2.62 bits per heavy atom. The van der Waals surface area contributed by atoms with Crippen LogP contribution in [0.4, 0.5) is 0 Å². The maximum Gasteiger partial charge on any atom is 0.164 e. The summed E-state index contributed by atoms with van der Waals surface area (Å²) in [6.45, 7) is 2.06. The van der Waals surface area contributed by atoms with Crippen LogP contribution in [0.25, 0.3) is 10.8 Å². The zero-order chi connectivity index (χ0) is 11.5. The largest absolute Gasteiger partial charge is 0.376 e. The number of nitrogens with two attached hydrogens (primary N) is 1. The highest BCUT2D eigenvalue weighted by Gasteiger charge is 2.08. The summed E-state index contributed by atoms with van der Waals surface area (Å²) >= 11 is 4.86. The van der Waals surface area contributed by atoms with Gasteiger partial charge in [0.15, 0.2) is 5.11 Å². The molecule has 0 saturated carbocycles. The normalized spacial score (nSPS) is 12.3. The number of benzene rings is 2. The quantitative estimate of drug-likeness (QED) is 0.779. The summed E-state index contributed by atoms with van der Waals surface area (Å²) in [5, 5.41) is 5.86. The highest BCUT2D eigenvalue weighted by molar-refractivity contribution is 7.80. The molecule has 3 N–H and O–H groups in total. The molecule has 0 aliphatic heterocycles. The maximum atomic E-state index is 5.50. The fourth-order valence-electron chi connectivity index (χ4n) is 1.92. The van der Waals surface area contributed by atoms with Crippen molar-refractivity contribution >= 4 is 28.1 Å². The predicted molar refractivity (Wildman–Crippen MR) is 72.3 cm³/mol. The molecule has 2 rings (SSSR count). The minimum atomic E-state index is 0.128. The van der Waals surface area contributed by atoms with Crippen molar-refractivity contribution in [2.45, 2.75) is 13.0 Å². The molecule has 0 saturated heterocycles. The van der Waals surface area contributed by atoms with E-state index in [-0.39, 0.29) is 6.04 Å². The molecule has 0 heterocycles. The second kappa shape index (κ2) is 4.49. The van der Waals surface area contributed by atoms with Gasteiger partial charge in [0, 0.05) is 0 Å². The van der Waals surface area contributed by atoms with E-state index < -0.39 is 0 Å². The van der Waals surface area contributed by atoms with Gasteiger partial charge in [-0.05, 0) is 35.5 Å². The van der Waals surface area contributed by atoms with Gasteiger partial charge >= 0.3 is 0 Å². The van der Waals surface area contributed by atoms with Crippen molar-refractivity contribution in [3.63, 3.8) is 0 Å². The molecule has 0 aliphatic rings. The molecule has 0 amide bonds. The van der Waals surface area contributed by atoms with Gasteiger partial charge in [-0.25, -0.2) is 0 Å². The van der Waals surface area contributed by atoms with E-state index in [1.54, 1.807) is 0 Å². The van der Waals surface area contributed by atoms with Crippen LogP contribution in [-0.2, 0) is 0 Å². The number of thiocarbonyl (C=S) groups is 1. The molecule has 2 aromatic rings. The van der Waals surface area contributed by atoms with Crippen molar-refractivity contribution in [1.82, 2.24) is 5.32 Å². The lowest BCUT2D eigenvalue weighted by Gasteiger charge is -2.16. The van der Waals surface area contributed by atoms with Crippen molar-refractivity contribution in [2.24, 2.45) is 5.73 Å². The molecule has 0 aliphatic carbocycles. The Labute approximate surface area is 100 Å². The first kappa shape index (κ1) is 10.9. The van der Waals surface area contributed by atoms with E-state index in [2.05, 4.69) is 42.6 Å². The number of rotatable bonds is 2. The van der Waals surface area contributed by atoms with Crippen molar-refractivity contribution in [3.05, 3.63) is 48.0 Å². The van der Waals surface area contributed by atoms with E-state index >= 15 is 0 Å². The van der Waals surface area contributed by atoms with Crippen molar-refractivity contribution in [2.75, 3.05) is 0 Å². The van der Waals surface area contributed by atoms with Gasteiger partial charge in [-0.3, -0.25) is 0 Å². The van der Waals surface area contributed by atoms with Gasteiger partial charge in [-0.1, -0.05) is 42.5 Å². The van der Waals surface area contributed by atoms with Crippen molar-refractivity contribution in [1.29, 1.82) is 0 Å². The van der Waals surface area contributed by atoms with Crippen molar-refractivity contribution in [3.8, 4) is 0 Å². The molecular weight excluding hydrogens is 216 g/mol. The topological polar surface area (TPSA) is 38.0 Å². The standard InChI is InChI=1S/C13H14N2S/c1-9(15-13(14)16)11-8-4-6-10-5-2-3-7-12(10)11/h2-9H,1H3,(H3,14,15,16)/t9-/m0/s1. The number of nitrogens with one attached hydrogen (secondary N) is 1. The molecule has 0 spiro atoms. The van der Waals surface area contributed by atoms with Crippen LogP contribution < -0.4 is 11.1 Å². The Hall–Kier alpha value is -1.61. The zero-order valence-electron chi connectivity index (χ0n) is 9.10. The summed E-state index contributed by atoms with van der Waals surface area (Å²) in [6.07, 6.45) is 0. The molecule has 3 heteroatoms. The van der Waals surface area contributed by atoms with Gasteiger partial charge in [-0.2, -0.15) is 0 Å². The Morgan fingerprint density at radius 1 is 1.19 bits per heavy atom. The molecule has 0 bridgehead atoms. The van der Waals surface area contributed by atoms with E-state index in [0.29, 0.717) is 5.11 Å². The SMILES string of the molecule is C[C@H](NC(N)=S)c1cccc2ccccc12. The fraction of sp³-hybridized carbons (Fsp3) is 0.154. The summed E-state index contributed by atoms with van der Waals surface area (Å²) in [5.41, 5.74) is 6.71. The van der Waals surface area contributed by atoms with Gasteiger partial charge in [0.25, 0.3) is 0 Å². The number of fused-ring (bicyclic) bond motifs is 1. The molecule has 2 aromatic carbocycles. The first-order chi connectivity index (χ1) is 7.68. The monoisotopic (exact) mass is 230 g/mol. The summed E-state index contributed by atoms with van der Waals surface area (Å²) in [5.74, 6) is 0. The lowest BCUT2D eigenvalue weighted by Crippen LogP contribution is -2.31. The van der Waals surface area contributed by atoms with Crippen LogP contribution in [-0.4, -0.2) is 5.11 Å². The van der Waals surface area contributed by atoms with Crippen LogP contribution in [0.2, 0.25) is 0 Å². The molecule has 1 atom stereocenters. The Balaban J connectivity index is 2.47. The Morgan fingerprint density at radius 2 is 1.88 bits per heavy atom. The summed E-state index contributed by atoms with van der Waals surface area (Å²) < 4.78 is 0. The molecule has 0 fully saturated rings. The van der Waals surface area contributed by atoms with E-state index in [9.17, 15) is 0 Å². The number of hydrogen-bond donors (Lipinski definition) is 2. The average Bonchev–Trinajstić information content (AvgIpc) is 2.27. The first-order valence-corrected chi connectivity index (χ1v) is 5.63. The Bertz CT molecular complexity index is 517. The maximum absolute atomic E-state index is 5.50. The highest BCUT2D eigenvalue weighted by atomic mass is 32.1. The molecular formula is C13H14N2S. The van der Waals surface area contributed by atoms with E-state index in [1.807, 2.05) is 12.1 Å². The average molecular weight is 230 g/mol. The van der Waals surface area contributed by atoms with Crippen LogP contribution >= 0.6 is 12.2 Å². The Kier molecular flexibility index (Phi) is 3.06. The van der Waals surface area contributed by atoms with Crippen LogP contribution in [0, 0.1) is 0 Å². The zero-order valence-corrected chi connectivity index (χ0v) is 9.92. The summed E-state index contributed by atoms with van der Waals surface area (Å²) in [4.78, 5) is 0. The van der Waals surface area contributed by atoms with Gasteiger partial charge in [0.05, 0.1) is 6.04 Å². The van der Waals surface area contributed by atoms with Crippen molar-refractivity contribution < 1.29 is 0 Å². The predicted octanol–water partition coefficient (Wildman–Crippen LogP) is 2.73. The summed E-state index contributed by atoms with van der Waals surface area (Å²) in [7, 11) is 0. The smallest absolute Gasteiger partial charge is 0.164 e. The molecule has 2 nitrogen and oxygen atoms in total. The van der Waals surface area contributed by atoms with Crippen LogP contribution in [0.3, 0.4) is 0 Å². The molecule has 0 aromatic heterocycles. The van der Waals surface area contributed by atoms with Gasteiger partial charge in [0.1, 0.15) is 0 Å². The summed E-state index contributed by atoms with van der Waals surface area (Å²) in [6, 6.07) is 14.7. The van der Waals surface area contributed by atoms with Gasteiger partial charge < -0.3 is 11.1 Å². The lowest BCUT2D eigenvalue weighted by atomic mass is 10.00. The minimum Gasteiger partial charge on any atom is -0.376 e. The van der Waals surface area contributed by atoms with Gasteiger partial charge in [0.2, 0.25) is 0 Å². The third-order valence-electron chi connectivity index (χ3n) is 2.65.